The molecule has 0 aliphatic rings. The van der Waals surface area contributed by atoms with Gasteiger partial charge in [0.25, 0.3) is 0 Å². The SMILES string of the molecule is C=CCC[n+]1ccccc1C=C.O=S(=O)([O-])C(F)(F)F. The fraction of sp³-hybridized carbons (Fsp3) is 0.250. The quantitative estimate of drug-likeness (QED) is 0.371. The molecule has 0 fully saturated rings. The predicted octanol–water partition coefficient (Wildman–Crippen LogP) is 2.24. The summed E-state index contributed by atoms with van der Waals surface area (Å²) in [6.07, 6.45) is 6.84. The highest BCUT2D eigenvalue weighted by molar-refractivity contribution is 7.86. The smallest absolute Gasteiger partial charge is 0.485 e. The van der Waals surface area contributed by atoms with Crippen molar-refractivity contribution in [1.82, 2.24) is 0 Å². The lowest BCUT2D eigenvalue weighted by Crippen LogP contribution is -2.36. The van der Waals surface area contributed by atoms with E-state index in [9.17, 15) is 13.2 Å². The monoisotopic (exact) mass is 309 g/mol. The van der Waals surface area contributed by atoms with E-state index < -0.39 is 15.6 Å². The minimum absolute atomic E-state index is 0.978. The van der Waals surface area contributed by atoms with Gasteiger partial charge in [0.1, 0.15) is 0 Å². The molecule has 0 aliphatic heterocycles. The second-order valence-electron chi connectivity index (χ2n) is 3.50. The van der Waals surface area contributed by atoms with Crippen LogP contribution in [0.3, 0.4) is 0 Å². The number of aromatic nitrogens is 1. The lowest BCUT2D eigenvalue weighted by molar-refractivity contribution is -0.697. The first-order chi connectivity index (χ1) is 9.13. The molecule has 1 aromatic heterocycles. The maximum Gasteiger partial charge on any atom is 0.485 e. The zero-order chi connectivity index (χ0) is 15.8. The molecule has 0 spiro atoms. The van der Waals surface area contributed by atoms with Crippen LogP contribution in [0.15, 0.2) is 43.6 Å². The number of hydrogen-bond donors (Lipinski definition) is 0. The van der Waals surface area contributed by atoms with Gasteiger partial charge in [0, 0.05) is 24.6 Å². The number of rotatable bonds is 4. The molecule has 0 saturated carbocycles. The standard InChI is InChI=1S/C11H14N.CHF3O3S/c1-3-5-9-12-10-7-6-8-11(12)4-2;2-1(3,4)8(5,6)7/h3-4,6-8,10H,1-2,5,9H2;(H,5,6,7)/q+1;/p-1. The summed E-state index contributed by atoms with van der Waals surface area (Å²) in [6.45, 7) is 8.42. The summed E-state index contributed by atoms with van der Waals surface area (Å²) in [5.74, 6) is 0. The third-order valence-electron chi connectivity index (χ3n) is 2.04. The van der Waals surface area contributed by atoms with Crippen LogP contribution in [0.2, 0.25) is 0 Å². The van der Waals surface area contributed by atoms with Gasteiger partial charge >= 0.3 is 5.51 Å². The molecule has 0 atom stereocenters. The summed E-state index contributed by atoms with van der Waals surface area (Å²) in [7, 11) is -6.09. The minimum atomic E-state index is -6.09. The summed E-state index contributed by atoms with van der Waals surface area (Å²) in [4.78, 5) is 0. The Kier molecular flexibility index (Phi) is 7.16. The van der Waals surface area contributed by atoms with Gasteiger partial charge in [-0.2, -0.15) is 17.7 Å². The molecule has 0 aliphatic carbocycles. The first-order valence-corrected chi connectivity index (χ1v) is 6.78. The molecule has 0 bridgehead atoms. The number of halogens is 3. The number of nitrogens with zero attached hydrogens (tertiary/aromatic N) is 1. The van der Waals surface area contributed by atoms with Gasteiger partial charge in [-0.15, -0.1) is 6.58 Å². The largest absolute Gasteiger partial charge is 0.741 e. The van der Waals surface area contributed by atoms with Crippen molar-refractivity contribution in [2.24, 2.45) is 0 Å². The van der Waals surface area contributed by atoms with Gasteiger partial charge in [-0.3, -0.25) is 0 Å². The van der Waals surface area contributed by atoms with Crippen molar-refractivity contribution < 1.29 is 30.7 Å². The summed E-state index contributed by atoms with van der Waals surface area (Å²) in [5.41, 5.74) is -4.49. The molecular formula is C12H14F3NO3S. The molecule has 8 heteroatoms. The molecular weight excluding hydrogens is 295 g/mol. The van der Waals surface area contributed by atoms with Gasteiger partial charge in [0.05, 0.1) is 0 Å². The van der Waals surface area contributed by atoms with Gasteiger partial charge in [-0.1, -0.05) is 12.7 Å². The lowest BCUT2D eigenvalue weighted by Gasteiger charge is -2.08. The van der Waals surface area contributed by atoms with Crippen LogP contribution in [0.1, 0.15) is 12.1 Å². The number of alkyl halides is 3. The molecule has 4 nitrogen and oxygen atoms in total. The van der Waals surface area contributed by atoms with Crippen LogP contribution in [0.4, 0.5) is 13.2 Å². The maximum absolute atomic E-state index is 10.7. The van der Waals surface area contributed by atoms with E-state index in [2.05, 4.69) is 30.0 Å². The molecule has 0 unspecified atom stereocenters. The number of allylic oxidation sites excluding steroid dienone is 1. The van der Waals surface area contributed by atoms with Crippen LogP contribution >= 0.6 is 0 Å². The Balaban J connectivity index is 0.000000396. The van der Waals surface area contributed by atoms with E-state index in [1.54, 1.807) is 0 Å². The third kappa shape index (κ3) is 6.48. The van der Waals surface area contributed by atoms with Gasteiger partial charge in [0.15, 0.2) is 22.9 Å². The Morgan fingerprint density at radius 3 is 2.25 bits per heavy atom. The number of pyridine rings is 1. The number of hydrogen-bond acceptors (Lipinski definition) is 3. The second kappa shape index (κ2) is 7.81. The molecule has 20 heavy (non-hydrogen) atoms. The summed E-state index contributed by atoms with van der Waals surface area (Å²) < 4.78 is 61.1. The average molecular weight is 309 g/mol. The second-order valence-corrected chi connectivity index (χ2v) is 4.87. The van der Waals surface area contributed by atoms with Crippen LogP contribution in [-0.2, 0) is 16.7 Å². The van der Waals surface area contributed by atoms with Crippen LogP contribution in [0.25, 0.3) is 6.08 Å². The highest BCUT2D eigenvalue weighted by Crippen LogP contribution is 2.20. The van der Waals surface area contributed by atoms with E-state index in [1.807, 2.05) is 24.3 Å². The summed E-state index contributed by atoms with van der Waals surface area (Å²) in [5, 5.41) is 0. The fourth-order valence-electron chi connectivity index (χ4n) is 1.11. The molecule has 0 radical (unpaired) electrons. The van der Waals surface area contributed by atoms with Gasteiger partial charge < -0.3 is 4.55 Å². The van der Waals surface area contributed by atoms with Crippen molar-refractivity contribution in [2.75, 3.05) is 0 Å². The topological polar surface area (TPSA) is 61.1 Å². The van der Waals surface area contributed by atoms with E-state index >= 15 is 0 Å². The zero-order valence-electron chi connectivity index (χ0n) is 10.5. The molecule has 0 saturated heterocycles. The Bertz CT molecular complexity index is 553. The molecule has 0 amide bonds. The van der Waals surface area contributed by atoms with Gasteiger partial charge in [-0.05, 0) is 6.07 Å². The Morgan fingerprint density at radius 2 is 1.85 bits per heavy atom. The van der Waals surface area contributed by atoms with E-state index in [4.69, 9.17) is 13.0 Å². The first kappa shape index (κ1) is 18.3. The van der Waals surface area contributed by atoms with Crippen molar-refractivity contribution >= 4 is 16.2 Å². The van der Waals surface area contributed by atoms with Gasteiger partial charge in [0.2, 0.25) is 5.69 Å². The molecule has 1 aromatic rings. The van der Waals surface area contributed by atoms with Crippen molar-refractivity contribution in [3.8, 4) is 0 Å². The maximum atomic E-state index is 10.7. The molecule has 0 aromatic carbocycles. The van der Waals surface area contributed by atoms with Crippen molar-refractivity contribution in [3.05, 3.63) is 49.3 Å². The summed E-state index contributed by atoms with van der Waals surface area (Å²) in [6, 6.07) is 6.09. The fourth-order valence-corrected chi connectivity index (χ4v) is 1.11. The summed E-state index contributed by atoms with van der Waals surface area (Å²) >= 11 is 0. The van der Waals surface area contributed by atoms with E-state index in [1.165, 1.54) is 0 Å². The Hall–Kier alpha value is -1.67. The highest BCUT2D eigenvalue weighted by atomic mass is 32.2. The molecule has 0 N–H and O–H groups in total. The van der Waals surface area contributed by atoms with Crippen molar-refractivity contribution in [1.29, 1.82) is 0 Å². The van der Waals surface area contributed by atoms with Crippen molar-refractivity contribution in [2.45, 2.75) is 18.5 Å². The predicted molar refractivity (Wildman–Crippen MR) is 67.3 cm³/mol. The van der Waals surface area contributed by atoms with Crippen LogP contribution in [-0.4, -0.2) is 18.5 Å². The molecule has 112 valence electrons. The third-order valence-corrected chi connectivity index (χ3v) is 2.61. The number of aryl methyl sites for hydroxylation is 1. The Labute approximate surface area is 115 Å². The normalized spacial score (nSPS) is 11.2. The zero-order valence-corrected chi connectivity index (χ0v) is 11.3. The van der Waals surface area contributed by atoms with Crippen LogP contribution in [0, 0.1) is 0 Å². The van der Waals surface area contributed by atoms with E-state index in [0.717, 1.165) is 18.7 Å². The molecule has 1 heterocycles. The molecule has 1 rings (SSSR count). The average Bonchev–Trinajstić information content (AvgIpc) is 2.35. The Morgan fingerprint density at radius 1 is 1.30 bits per heavy atom. The van der Waals surface area contributed by atoms with E-state index in [-0.39, 0.29) is 0 Å². The van der Waals surface area contributed by atoms with Gasteiger partial charge in [-0.25, -0.2) is 8.42 Å². The first-order valence-electron chi connectivity index (χ1n) is 5.37. The van der Waals surface area contributed by atoms with Crippen molar-refractivity contribution in [3.63, 3.8) is 0 Å². The highest BCUT2D eigenvalue weighted by Gasteiger charge is 2.36. The van der Waals surface area contributed by atoms with E-state index in [0.29, 0.717) is 0 Å². The van der Waals surface area contributed by atoms with Crippen LogP contribution < -0.4 is 4.57 Å². The minimum Gasteiger partial charge on any atom is -0.741 e. The lowest BCUT2D eigenvalue weighted by atomic mass is 10.3. The van der Waals surface area contributed by atoms with Crippen LogP contribution in [0.5, 0.6) is 0 Å².